The van der Waals surface area contributed by atoms with Gasteiger partial charge in [-0.25, -0.2) is 4.79 Å². The van der Waals surface area contributed by atoms with Gasteiger partial charge in [0.1, 0.15) is 0 Å². The minimum Gasteiger partial charge on any atom is -0.481 e. The molecule has 1 unspecified atom stereocenters. The smallest absolute Gasteiger partial charge is 0.321 e. The standard InChI is InChI=1S/C11H20N2O5/c1-8(18-2)7-12-11(17)13-9(14)5-3-4-6-10(15)16/h8H,3-7H2,1-2H3,(H,15,16)(H2,12,13,14,17). The normalized spacial score (nSPS) is 11.7. The monoisotopic (exact) mass is 260 g/mol. The number of urea groups is 1. The maximum absolute atomic E-state index is 11.3. The molecule has 104 valence electrons. The highest BCUT2D eigenvalue weighted by Crippen LogP contribution is 1.99. The van der Waals surface area contributed by atoms with Crippen molar-refractivity contribution in [1.29, 1.82) is 0 Å². The number of imide groups is 1. The van der Waals surface area contributed by atoms with Crippen molar-refractivity contribution in [2.75, 3.05) is 13.7 Å². The van der Waals surface area contributed by atoms with E-state index in [-0.39, 0.29) is 18.9 Å². The SMILES string of the molecule is COC(C)CNC(=O)NC(=O)CCCCC(=O)O. The fourth-order valence-corrected chi connectivity index (χ4v) is 1.11. The Balaban J connectivity index is 3.61. The fourth-order valence-electron chi connectivity index (χ4n) is 1.11. The summed E-state index contributed by atoms with van der Waals surface area (Å²) in [5.74, 6) is -1.30. The zero-order valence-electron chi connectivity index (χ0n) is 10.7. The van der Waals surface area contributed by atoms with E-state index in [2.05, 4.69) is 10.6 Å². The Hall–Kier alpha value is -1.63. The van der Waals surface area contributed by atoms with E-state index in [1.165, 1.54) is 7.11 Å². The summed E-state index contributed by atoms with van der Waals surface area (Å²) >= 11 is 0. The summed E-state index contributed by atoms with van der Waals surface area (Å²) in [6, 6.07) is -0.567. The van der Waals surface area contributed by atoms with Gasteiger partial charge in [0.05, 0.1) is 6.10 Å². The first-order valence-corrected chi connectivity index (χ1v) is 5.78. The van der Waals surface area contributed by atoms with Gasteiger partial charge in [0.2, 0.25) is 5.91 Å². The van der Waals surface area contributed by atoms with Gasteiger partial charge < -0.3 is 15.2 Å². The number of rotatable bonds is 8. The van der Waals surface area contributed by atoms with E-state index in [4.69, 9.17) is 9.84 Å². The second-order valence-corrected chi connectivity index (χ2v) is 3.91. The quantitative estimate of drug-likeness (QED) is 0.551. The molecule has 0 fully saturated rings. The lowest BCUT2D eigenvalue weighted by Gasteiger charge is -2.11. The Bertz CT molecular complexity index is 293. The molecule has 0 aromatic carbocycles. The van der Waals surface area contributed by atoms with Gasteiger partial charge in [-0.05, 0) is 19.8 Å². The molecule has 7 nitrogen and oxygen atoms in total. The van der Waals surface area contributed by atoms with Gasteiger partial charge in [0.25, 0.3) is 0 Å². The lowest BCUT2D eigenvalue weighted by molar-refractivity contribution is -0.137. The van der Waals surface area contributed by atoms with E-state index in [9.17, 15) is 14.4 Å². The minimum absolute atomic E-state index is 0.0326. The van der Waals surface area contributed by atoms with Crippen LogP contribution in [0.5, 0.6) is 0 Å². The van der Waals surface area contributed by atoms with Gasteiger partial charge in [0, 0.05) is 26.5 Å². The molecule has 0 aliphatic heterocycles. The highest BCUT2D eigenvalue weighted by Gasteiger charge is 2.08. The Morgan fingerprint density at radius 2 is 1.83 bits per heavy atom. The highest BCUT2D eigenvalue weighted by molar-refractivity contribution is 5.94. The first kappa shape index (κ1) is 16.4. The molecule has 0 aliphatic rings. The molecule has 3 N–H and O–H groups in total. The van der Waals surface area contributed by atoms with E-state index < -0.39 is 17.9 Å². The summed E-state index contributed by atoms with van der Waals surface area (Å²) in [4.78, 5) is 32.7. The number of carbonyl (C=O) groups excluding carboxylic acids is 2. The van der Waals surface area contributed by atoms with Crippen molar-refractivity contribution in [2.45, 2.75) is 38.7 Å². The molecule has 3 amide bonds. The molecular weight excluding hydrogens is 240 g/mol. The van der Waals surface area contributed by atoms with Crippen LogP contribution in [0.3, 0.4) is 0 Å². The molecule has 18 heavy (non-hydrogen) atoms. The third kappa shape index (κ3) is 9.59. The maximum Gasteiger partial charge on any atom is 0.321 e. The van der Waals surface area contributed by atoms with Crippen LogP contribution in [-0.2, 0) is 14.3 Å². The van der Waals surface area contributed by atoms with E-state index in [1.54, 1.807) is 6.92 Å². The van der Waals surface area contributed by atoms with Crippen molar-refractivity contribution < 1.29 is 24.2 Å². The number of carbonyl (C=O) groups is 3. The molecule has 0 spiro atoms. The molecule has 0 radical (unpaired) electrons. The summed E-state index contributed by atoms with van der Waals surface area (Å²) in [5, 5.41) is 13.0. The number of nitrogens with one attached hydrogen (secondary N) is 2. The second-order valence-electron chi connectivity index (χ2n) is 3.91. The maximum atomic E-state index is 11.3. The number of unbranched alkanes of at least 4 members (excludes halogenated alkanes) is 1. The Kier molecular flexibility index (Phi) is 8.55. The highest BCUT2D eigenvalue weighted by atomic mass is 16.5. The van der Waals surface area contributed by atoms with Crippen molar-refractivity contribution in [3.8, 4) is 0 Å². The van der Waals surface area contributed by atoms with Crippen molar-refractivity contribution in [2.24, 2.45) is 0 Å². The van der Waals surface area contributed by atoms with E-state index in [0.29, 0.717) is 19.4 Å². The molecular formula is C11H20N2O5. The van der Waals surface area contributed by atoms with Gasteiger partial charge in [-0.15, -0.1) is 0 Å². The zero-order valence-corrected chi connectivity index (χ0v) is 10.7. The molecule has 0 bridgehead atoms. The second kappa shape index (κ2) is 9.41. The van der Waals surface area contributed by atoms with Crippen LogP contribution in [0.25, 0.3) is 0 Å². The molecule has 1 atom stereocenters. The summed E-state index contributed by atoms with van der Waals surface area (Å²) in [5.41, 5.74) is 0. The average molecular weight is 260 g/mol. The van der Waals surface area contributed by atoms with Crippen LogP contribution in [0.2, 0.25) is 0 Å². The predicted octanol–water partition coefficient (Wildman–Crippen LogP) is 0.492. The number of carboxylic acid groups (broad SMARTS) is 1. The van der Waals surface area contributed by atoms with E-state index >= 15 is 0 Å². The number of aliphatic carboxylic acids is 1. The van der Waals surface area contributed by atoms with Crippen molar-refractivity contribution in [3.05, 3.63) is 0 Å². The molecule has 0 aliphatic carbocycles. The third-order valence-electron chi connectivity index (χ3n) is 2.25. The first-order chi connectivity index (χ1) is 8.45. The molecule has 7 heteroatoms. The molecule has 0 saturated carbocycles. The van der Waals surface area contributed by atoms with Gasteiger partial charge in [-0.2, -0.15) is 0 Å². The summed E-state index contributed by atoms with van der Waals surface area (Å²) < 4.78 is 4.92. The van der Waals surface area contributed by atoms with Gasteiger partial charge >= 0.3 is 12.0 Å². The minimum atomic E-state index is -0.887. The summed E-state index contributed by atoms with van der Waals surface area (Å²) in [7, 11) is 1.53. The number of amides is 3. The average Bonchev–Trinajstić information content (AvgIpc) is 2.31. The molecule has 0 aromatic heterocycles. The zero-order chi connectivity index (χ0) is 14.0. The van der Waals surface area contributed by atoms with Crippen LogP contribution in [0, 0.1) is 0 Å². The fraction of sp³-hybridized carbons (Fsp3) is 0.727. The van der Waals surface area contributed by atoms with Gasteiger partial charge in [-0.1, -0.05) is 0 Å². The van der Waals surface area contributed by atoms with Crippen LogP contribution >= 0.6 is 0 Å². The van der Waals surface area contributed by atoms with Crippen molar-refractivity contribution in [1.82, 2.24) is 10.6 Å². The van der Waals surface area contributed by atoms with Gasteiger partial charge in [-0.3, -0.25) is 14.9 Å². The molecule has 0 aromatic rings. The lowest BCUT2D eigenvalue weighted by Crippen LogP contribution is -2.42. The van der Waals surface area contributed by atoms with Crippen molar-refractivity contribution in [3.63, 3.8) is 0 Å². The Labute approximate surface area is 106 Å². The number of hydrogen-bond acceptors (Lipinski definition) is 4. The lowest BCUT2D eigenvalue weighted by atomic mass is 10.2. The van der Waals surface area contributed by atoms with Gasteiger partial charge in [0.15, 0.2) is 0 Å². The molecule has 0 rings (SSSR count). The number of carboxylic acids is 1. The third-order valence-corrected chi connectivity index (χ3v) is 2.25. The number of ether oxygens (including phenoxy) is 1. The van der Waals surface area contributed by atoms with E-state index in [1.807, 2.05) is 0 Å². The van der Waals surface area contributed by atoms with Crippen molar-refractivity contribution >= 4 is 17.9 Å². The first-order valence-electron chi connectivity index (χ1n) is 5.78. The van der Waals surface area contributed by atoms with Crippen LogP contribution in [0.4, 0.5) is 4.79 Å². The van der Waals surface area contributed by atoms with E-state index in [0.717, 1.165) is 0 Å². The summed E-state index contributed by atoms with van der Waals surface area (Å²) in [6.07, 6.45) is 0.914. The predicted molar refractivity (Wildman–Crippen MR) is 64.1 cm³/mol. The van der Waals surface area contributed by atoms with Crippen LogP contribution in [-0.4, -0.2) is 42.8 Å². The molecule has 0 heterocycles. The topological polar surface area (TPSA) is 105 Å². The summed E-state index contributed by atoms with van der Waals surface area (Å²) in [6.45, 7) is 2.10. The Morgan fingerprint density at radius 3 is 2.39 bits per heavy atom. The molecule has 0 saturated heterocycles. The Morgan fingerprint density at radius 1 is 1.22 bits per heavy atom. The van der Waals surface area contributed by atoms with Crippen LogP contribution < -0.4 is 10.6 Å². The number of methoxy groups -OCH3 is 1. The number of hydrogen-bond donors (Lipinski definition) is 3. The van der Waals surface area contributed by atoms with Crippen LogP contribution in [0.1, 0.15) is 32.6 Å². The largest absolute Gasteiger partial charge is 0.481 e. The van der Waals surface area contributed by atoms with Crippen LogP contribution in [0.15, 0.2) is 0 Å².